The highest BCUT2D eigenvalue weighted by Gasteiger charge is 2.39. The average molecular weight is 509 g/mol. The van der Waals surface area contributed by atoms with Crippen LogP contribution in [0.5, 0.6) is 5.75 Å². The van der Waals surface area contributed by atoms with E-state index in [9.17, 15) is 14.0 Å². The van der Waals surface area contributed by atoms with Gasteiger partial charge in [0, 0.05) is 49.1 Å². The first-order valence-electron chi connectivity index (χ1n) is 12.0. The van der Waals surface area contributed by atoms with Gasteiger partial charge in [0.15, 0.2) is 0 Å². The predicted molar refractivity (Wildman–Crippen MR) is 138 cm³/mol. The Balaban J connectivity index is 1.45. The Labute approximate surface area is 216 Å². The molecule has 5 nitrogen and oxygen atoms in total. The molecule has 1 aliphatic rings. The summed E-state index contributed by atoms with van der Waals surface area (Å²) in [5, 5.41) is 0.520. The molecule has 0 N–H and O–H groups in total. The van der Waals surface area contributed by atoms with Crippen molar-refractivity contribution in [2.24, 2.45) is 5.41 Å². The Morgan fingerprint density at radius 2 is 1.69 bits per heavy atom. The maximum atomic E-state index is 13.3. The molecule has 36 heavy (non-hydrogen) atoms. The van der Waals surface area contributed by atoms with E-state index in [4.69, 9.17) is 16.3 Å². The van der Waals surface area contributed by atoms with E-state index in [1.165, 1.54) is 12.1 Å². The fourth-order valence-corrected chi connectivity index (χ4v) is 4.72. The predicted octanol–water partition coefficient (Wildman–Crippen LogP) is 5.83. The first-order chi connectivity index (χ1) is 17.3. The summed E-state index contributed by atoms with van der Waals surface area (Å²) in [5.41, 5.74) is 1.17. The van der Waals surface area contributed by atoms with E-state index in [0.717, 1.165) is 5.56 Å². The second kappa shape index (κ2) is 11.6. The summed E-state index contributed by atoms with van der Waals surface area (Å²) in [6, 6.07) is 22.7. The molecule has 3 aromatic carbocycles. The Morgan fingerprint density at radius 3 is 2.36 bits per heavy atom. The van der Waals surface area contributed by atoms with Gasteiger partial charge in [-0.15, -0.1) is 0 Å². The van der Waals surface area contributed by atoms with Crippen molar-refractivity contribution in [1.29, 1.82) is 0 Å². The van der Waals surface area contributed by atoms with Crippen LogP contribution in [0.3, 0.4) is 0 Å². The number of hydrogen-bond acceptors (Lipinski definition) is 3. The SMILES string of the molecule is CN(Cc1ccccc1)C(=O)CC1(COc2ccc(F)cc2)CCN(C(=O)c2cccc(Cl)c2)CC1. The Hall–Kier alpha value is -3.38. The van der Waals surface area contributed by atoms with Crippen LogP contribution in [0.4, 0.5) is 4.39 Å². The molecule has 1 fully saturated rings. The number of carbonyl (C=O) groups excluding carboxylic acids is 2. The zero-order chi connectivity index (χ0) is 25.5. The van der Waals surface area contributed by atoms with E-state index in [2.05, 4.69) is 0 Å². The van der Waals surface area contributed by atoms with Gasteiger partial charge in [-0.2, -0.15) is 0 Å². The normalized spacial score (nSPS) is 14.8. The molecular formula is C29H30ClFN2O3. The lowest BCUT2D eigenvalue weighted by Gasteiger charge is -2.42. The molecule has 3 aromatic rings. The van der Waals surface area contributed by atoms with Gasteiger partial charge < -0.3 is 14.5 Å². The van der Waals surface area contributed by atoms with Gasteiger partial charge in [0.2, 0.25) is 5.91 Å². The molecule has 188 valence electrons. The lowest BCUT2D eigenvalue weighted by molar-refractivity contribution is -0.134. The molecule has 0 saturated carbocycles. The fourth-order valence-electron chi connectivity index (χ4n) is 4.53. The molecule has 0 spiro atoms. The van der Waals surface area contributed by atoms with Gasteiger partial charge in [0.25, 0.3) is 5.91 Å². The van der Waals surface area contributed by atoms with Crippen molar-refractivity contribution < 1.29 is 18.7 Å². The zero-order valence-electron chi connectivity index (χ0n) is 20.3. The van der Waals surface area contributed by atoms with E-state index < -0.39 is 5.41 Å². The Kier molecular flexibility index (Phi) is 8.26. The molecule has 0 bridgehead atoms. The Bertz CT molecular complexity index is 1180. The quantitative estimate of drug-likeness (QED) is 0.384. The number of ether oxygens (including phenoxy) is 1. The first kappa shape index (κ1) is 25.7. The number of likely N-dealkylation sites (tertiary alicyclic amines) is 1. The van der Waals surface area contributed by atoms with Crippen LogP contribution in [0.2, 0.25) is 5.02 Å². The molecule has 1 heterocycles. The monoisotopic (exact) mass is 508 g/mol. The van der Waals surface area contributed by atoms with Crippen LogP contribution >= 0.6 is 11.6 Å². The third kappa shape index (κ3) is 6.64. The van der Waals surface area contributed by atoms with Crippen LogP contribution < -0.4 is 4.74 Å². The maximum absolute atomic E-state index is 13.3. The summed E-state index contributed by atoms with van der Waals surface area (Å²) < 4.78 is 19.4. The van der Waals surface area contributed by atoms with Crippen LogP contribution in [0.15, 0.2) is 78.9 Å². The number of nitrogens with zero attached hydrogens (tertiary/aromatic N) is 2. The van der Waals surface area contributed by atoms with E-state index in [0.29, 0.717) is 61.8 Å². The van der Waals surface area contributed by atoms with Crippen LogP contribution in [-0.4, -0.2) is 48.4 Å². The lowest BCUT2D eigenvalue weighted by atomic mass is 9.75. The smallest absolute Gasteiger partial charge is 0.253 e. The largest absolute Gasteiger partial charge is 0.493 e. The standard InChI is InChI=1S/C29H30ClFN2O3/c1-32(20-22-6-3-2-4-7-22)27(34)19-29(21-36-26-12-10-25(31)11-13-26)14-16-33(17-15-29)28(35)23-8-5-9-24(30)18-23/h2-13,18H,14-17,19-21H2,1H3. The van der Waals surface area contributed by atoms with Gasteiger partial charge in [0.1, 0.15) is 11.6 Å². The molecule has 4 rings (SSSR count). The van der Waals surface area contributed by atoms with Crippen molar-refractivity contribution in [3.8, 4) is 5.75 Å². The molecule has 0 unspecified atom stereocenters. The number of amides is 2. The summed E-state index contributed by atoms with van der Waals surface area (Å²) in [5.74, 6) is 0.176. The molecule has 0 atom stereocenters. The van der Waals surface area contributed by atoms with Gasteiger partial charge in [-0.3, -0.25) is 9.59 Å². The number of hydrogen-bond donors (Lipinski definition) is 0. The van der Waals surface area contributed by atoms with Crippen LogP contribution in [0, 0.1) is 11.2 Å². The van der Waals surface area contributed by atoms with Gasteiger partial charge in [0.05, 0.1) is 6.61 Å². The van der Waals surface area contributed by atoms with E-state index in [1.807, 2.05) is 37.4 Å². The first-order valence-corrected chi connectivity index (χ1v) is 12.4. The maximum Gasteiger partial charge on any atom is 0.253 e. The third-order valence-corrected chi connectivity index (χ3v) is 6.99. The van der Waals surface area contributed by atoms with E-state index >= 15 is 0 Å². The number of benzene rings is 3. The van der Waals surface area contributed by atoms with Crippen molar-refractivity contribution >= 4 is 23.4 Å². The van der Waals surface area contributed by atoms with Crippen molar-refractivity contribution in [2.45, 2.75) is 25.8 Å². The lowest BCUT2D eigenvalue weighted by Crippen LogP contribution is -2.47. The number of rotatable bonds is 8. The Morgan fingerprint density at radius 1 is 1.00 bits per heavy atom. The van der Waals surface area contributed by atoms with E-state index in [-0.39, 0.29) is 17.6 Å². The van der Waals surface area contributed by atoms with Gasteiger partial charge >= 0.3 is 0 Å². The van der Waals surface area contributed by atoms with Crippen molar-refractivity contribution in [3.05, 3.63) is 101 Å². The molecule has 1 aliphatic heterocycles. The summed E-state index contributed by atoms with van der Waals surface area (Å²) >= 11 is 6.07. The molecule has 0 aliphatic carbocycles. The summed E-state index contributed by atoms with van der Waals surface area (Å²) in [6.45, 7) is 1.85. The fraction of sp³-hybridized carbons (Fsp3) is 0.310. The van der Waals surface area contributed by atoms with Gasteiger partial charge in [-0.1, -0.05) is 48.0 Å². The van der Waals surface area contributed by atoms with Crippen molar-refractivity contribution in [3.63, 3.8) is 0 Å². The second-order valence-corrected chi connectivity index (χ2v) is 9.89. The summed E-state index contributed by atoms with van der Waals surface area (Å²) in [6.07, 6.45) is 1.54. The molecule has 7 heteroatoms. The summed E-state index contributed by atoms with van der Waals surface area (Å²) in [7, 11) is 1.81. The molecule has 0 aromatic heterocycles. The van der Waals surface area contributed by atoms with Crippen LogP contribution in [0.1, 0.15) is 35.2 Å². The van der Waals surface area contributed by atoms with Gasteiger partial charge in [-0.05, 0) is 60.9 Å². The van der Waals surface area contributed by atoms with Crippen molar-refractivity contribution in [2.75, 3.05) is 26.7 Å². The molecule has 2 amide bonds. The average Bonchev–Trinajstić information content (AvgIpc) is 2.89. The van der Waals surface area contributed by atoms with Crippen LogP contribution in [-0.2, 0) is 11.3 Å². The number of piperidine rings is 1. The highest BCUT2D eigenvalue weighted by Crippen LogP contribution is 2.37. The minimum Gasteiger partial charge on any atom is -0.493 e. The summed E-state index contributed by atoms with van der Waals surface area (Å²) in [4.78, 5) is 29.9. The minimum atomic E-state index is -0.443. The molecular weight excluding hydrogens is 479 g/mol. The van der Waals surface area contributed by atoms with Crippen molar-refractivity contribution in [1.82, 2.24) is 9.80 Å². The van der Waals surface area contributed by atoms with Gasteiger partial charge in [-0.25, -0.2) is 4.39 Å². The highest BCUT2D eigenvalue weighted by molar-refractivity contribution is 6.30. The second-order valence-electron chi connectivity index (χ2n) is 9.46. The minimum absolute atomic E-state index is 0.0242. The third-order valence-electron chi connectivity index (χ3n) is 6.76. The molecule has 0 radical (unpaired) electrons. The topological polar surface area (TPSA) is 49.9 Å². The van der Waals surface area contributed by atoms with E-state index in [1.54, 1.807) is 46.2 Å². The zero-order valence-corrected chi connectivity index (χ0v) is 21.1. The number of carbonyl (C=O) groups is 2. The van der Waals surface area contributed by atoms with Crippen LogP contribution in [0.25, 0.3) is 0 Å². The number of halogens is 2. The highest BCUT2D eigenvalue weighted by atomic mass is 35.5. The molecule has 1 saturated heterocycles.